The fraction of sp³-hybridized carbons (Fsp3) is 0.500. The number of rotatable bonds is 5. The lowest BCUT2D eigenvalue weighted by molar-refractivity contribution is -0.385. The van der Waals surface area contributed by atoms with E-state index >= 15 is 0 Å². The lowest BCUT2D eigenvalue weighted by Gasteiger charge is -2.24. The minimum absolute atomic E-state index is 0.0808. The van der Waals surface area contributed by atoms with Gasteiger partial charge in [-0.2, -0.15) is 0 Å². The van der Waals surface area contributed by atoms with Crippen molar-refractivity contribution < 1.29 is 9.72 Å². The van der Waals surface area contributed by atoms with Crippen molar-refractivity contribution in [2.75, 3.05) is 19.6 Å². The van der Waals surface area contributed by atoms with Gasteiger partial charge in [0.25, 0.3) is 11.6 Å². The van der Waals surface area contributed by atoms with Gasteiger partial charge >= 0.3 is 0 Å². The predicted molar refractivity (Wildman–Crippen MR) is 83.4 cm³/mol. The molecule has 0 saturated carbocycles. The van der Waals surface area contributed by atoms with Gasteiger partial charge in [0.05, 0.1) is 4.92 Å². The number of likely N-dealkylation sites (N-methyl/N-ethyl adjacent to an activating group) is 1. The summed E-state index contributed by atoms with van der Waals surface area (Å²) < 4.78 is 0.537. The van der Waals surface area contributed by atoms with Crippen LogP contribution in [0.5, 0.6) is 0 Å². The van der Waals surface area contributed by atoms with Gasteiger partial charge < -0.3 is 10.2 Å². The molecule has 1 fully saturated rings. The number of non-ortho nitro benzene ring substituents is 1. The second-order valence-electron chi connectivity index (χ2n) is 5.09. The van der Waals surface area contributed by atoms with Crippen molar-refractivity contribution in [2.45, 2.75) is 25.8 Å². The summed E-state index contributed by atoms with van der Waals surface area (Å²) in [5.41, 5.74) is 0.263. The molecule has 1 saturated heterocycles. The third-order valence-corrected chi connectivity index (χ3v) is 4.07. The molecule has 1 atom stereocenters. The van der Waals surface area contributed by atoms with Gasteiger partial charge in [-0.3, -0.25) is 14.9 Å². The monoisotopic (exact) mass is 355 g/mol. The van der Waals surface area contributed by atoms with Gasteiger partial charge in [-0.1, -0.05) is 15.9 Å². The molecule has 0 aliphatic carbocycles. The third kappa shape index (κ3) is 4.01. The summed E-state index contributed by atoms with van der Waals surface area (Å²) in [6.45, 7) is 4.12. The summed E-state index contributed by atoms with van der Waals surface area (Å²) in [6, 6.07) is 4.67. The van der Waals surface area contributed by atoms with Gasteiger partial charge in [0.2, 0.25) is 0 Å². The molecule has 1 aliphatic rings. The Morgan fingerprint density at radius 3 is 2.86 bits per heavy atom. The number of nitrogens with zero attached hydrogens (tertiary/aromatic N) is 2. The van der Waals surface area contributed by atoms with E-state index in [0.717, 1.165) is 19.4 Å². The molecule has 1 N–H and O–H groups in total. The topological polar surface area (TPSA) is 75.5 Å². The Bertz CT molecular complexity index is 544. The van der Waals surface area contributed by atoms with E-state index in [-0.39, 0.29) is 11.6 Å². The quantitative estimate of drug-likeness (QED) is 0.650. The molecule has 1 heterocycles. The van der Waals surface area contributed by atoms with Gasteiger partial charge in [-0.15, -0.1) is 0 Å². The van der Waals surface area contributed by atoms with E-state index in [4.69, 9.17) is 0 Å². The van der Waals surface area contributed by atoms with Crippen LogP contribution >= 0.6 is 15.9 Å². The van der Waals surface area contributed by atoms with Gasteiger partial charge in [0.1, 0.15) is 0 Å². The first-order valence-corrected chi connectivity index (χ1v) is 7.78. The molecular weight excluding hydrogens is 338 g/mol. The number of carbonyl (C=O) groups is 1. The van der Waals surface area contributed by atoms with Crippen LogP contribution in [0.15, 0.2) is 22.7 Å². The fourth-order valence-electron chi connectivity index (χ4n) is 2.52. The van der Waals surface area contributed by atoms with Crippen LogP contribution in [0.4, 0.5) is 5.69 Å². The predicted octanol–water partition coefficient (Wildman–Crippen LogP) is 2.57. The Hall–Kier alpha value is -1.47. The number of benzene rings is 1. The SMILES string of the molecule is CCN(CC1CCCN1)C(=O)c1cc(Br)cc([N+](=O)[O-])c1. The van der Waals surface area contributed by atoms with Crippen LogP contribution in [0.3, 0.4) is 0 Å². The zero-order valence-electron chi connectivity index (χ0n) is 11.8. The second kappa shape index (κ2) is 7.00. The standard InChI is InChI=1S/C14H18BrN3O3/c1-2-17(9-12-4-3-5-16-12)14(19)10-6-11(15)8-13(7-10)18(20)21/h6-8,12,16H,2-5,9H2,1H3. The minimum atomic E-state index is -0.490. The van der Waals surface area contributed by atoms with E-state index < -0.39 is 4.92 Å². The van der Waals surface area contributed by atoms with Gasteiger partial charge in [-0.05, 0) is 32.4 Å². The van der Waals surface area contributed by atoms with E-state index in [1.807, 2.05) is 6.92 Å². The number of halogens is 1. The molecule has 21 heavy (non-hydrogen) atoms. The first-order chi connectivity index (χ1) is 10.0. The first-order valence-electron chi connectivity index (χ1n) is 6.99. The van der Waals surface area contributed by atoms with Crippen molar-refractivity contribution in [3.8, 4) is 0 Å². The largest absolute Gasteiger partial charge is 0.337 e. The van der Waals surface area contributed by atoms with Crippen LogP contribution in [0.2, 0.25) is 0 Å². The highest BCUT2D eigenvalue weighted by Crippen LogP contribution is 2.22. The first kappa shape index (κ1) is 15.9. The Morgan fingerprint density at radius 1 is 1.52 bits per heavy atom. The highest BCUT2D eigenvalue weighted by atomic mass is 79.9. The number of hydrogen-bond acceptors (Lipinski definition) is 4. The lowest BCUT2D eigenvalue weighted by Crippen LogP contribution is -2.41. The summed E-state index contributed by atoms with van der Waals surface area (Å²) in [4.78, 5) is 24.7. The van der Waals surface area contributed by atoms with Crippen LogP contribution in [0.1, 0.15) is 30.1 Å². The van der Waals surface area contributed by atoms with Crippen LogP contribution in [-0.4, -0.2) is 41.4 Å². The maximum Gasteiger partial charge on any atom is 0.271 e. The Labute approximate surface area is 131 Å². The van der Waals surface area contributed by atoms with Crippen molar-refractivity contribution >= 4 is 27.5 Å². The van der Waals surface area contributed by atoms with Gasteiger partial charge in [-0.25, -0.2) is 0 Å². The highest BCUT2D eigenvalue weighted by molar-refractivity contribution is 9.10. The van der Waals surface area contributed by atoms with Crippen LogP contribution in [0, 0.1) is 10.1 Å². The molecule has 1 aliphatic heterocycles. The average Bonchev–Trinajstić information content (AvgIpc) is 2.96. The highest BCUT2D eigenvalue weighted by Gasteiger charge is 2.23. The number of carbonyl (C=O) groups excluding carboxylic acids is 1. The van der Waals surface area contributed by atoms with Crippen molar-refractivity contribution in [2.24, 2.45) is 0 Å². The number of nitrogens with one attached hydrogen (secondary N) is 1. The number of nitro benzene ring substituents is 1. The number of nitro groups is 1. The fourth-order valence-corrected chi connectivity index (χ4v) is 3.00. The molecule has 1 aromatic rings. The van der Waals surface area contributed by atoms with Crippen molar-refractivity contribution in [1.82, 2.24) is 10.2 Å². The zero-order chi connectivity index (χ0) is 15.4. The van der Waals surface area contributed by atoms with Gasteiger partial charge in [0, 0.05) is 41.3 Å². The van der Waals surface area contributed by atoms with Crippen LogP contribution in [-0.2, 0) is 0 Å². The normalized spacial score (nSPS) is 17.7. The molecule has 0 aromatic heterocycles. The molecule has 1 aromatic carbocycles. The summed E-state index contributed by atoms with van der Waals surface area (Å²) in [5, 5.41) is 14.3. The maximum absolute atomic E-state index is 12.5. The molecule has 2 rings (SSSR count). The van der Waals surface area contributed by atoms with Crippen molar-refractivity contribution in [1.29, 1.82) is 0 Å². The van der Waals surface area contributed by atoms with E-state index in [1.165, 1.54) is 12.1 Å². The molecule has 7 heteroatoms. The van der Waals surface area contributed by atoms with Crippen LogP contribution < -0.4 is 5.32 Å². The minimum Gasteiger partial charge on any atom is -0.337 e. The second-order valence-corrected chi connectivity index (χ2v) is 6.01. The molecule has 0 radical (unpaired) electrons. The molecule has 114 valence electrons. The molecular formula is C14H18BrN3O3. The van der Waals surface area contributed by atoms with Gasteiger partial charge in [0.15, 0.2) is 0 Å². The maximum atomic E-state index is 12.5. The number of amides is 1. The molecule has 6 nitrogen and oxygen atoms in total. The lowest BCUT2D eigenvalue weighted by atomic mass is 10.1. The smallest absolute Gasteiger partial charge is 0.271 e. The Balaban J connectivity index is 2.18. The van der Waals surface area contributed by atoms with E-state index in [1.54, 1.807) is 11.0 Å². The summed E-state index contributed by atoms with van der Waals surface area (Å²) in [5.74, 6) is -0.171. The summed E-state index contributed by atoms with van der Waals surface area (Å²) >= 11 is 3.22. The zero-order valence-corrected chi connectivity index (χ0v) is 13.4. The van der Waals surface area contributed by atoms with E-state index in [0.29, 0.717) is 29.2 Å². The Kier molecular flexibility index (Phi) is 5.30. The average molecular weight is 356 g/mol. The van der Waals surface area contributed by atoms with Crippen molar-refractivity contribution in [3.63, 3.8) is 0 Å². The summed E-state index contributed by atoms with van der Waals surface area (Å²) in [6.07, 6.45) is 2.18. The molecule has 0 spiro atoms. The van der Waals surface area contributed by atoms with Crippen molar-refractivity contribution in [3.05, 3.63) is 38.3 Å². The van der Waals surface area contributed by atoms with Crippen LogP contribution in [0.25, 0.3) is 0 Å². The molecule has 0 bridgehead atoms. The van der Waals surface area contributed by atoms with E-state index in [9.17, 15) is 14.9 Å². The third-order valence-electron chi connectivity index (χ3n) is 3.61. The molecule has 1 amide bonds. The molecule has 1 unspecified atom stereocenters. The summed E-state index contributed by atoms with van der Waals surface area (Å²) in [7, 11) is 0. The Morgan fingerprint density at radius 2 is 2.29 bits per heavy atom. The number of hydrogen-bond donors (Lipinski definition) is 1. The van der Waals surface area contributed by atoms with E-state index in [2.05, 4.69) is 21.2 Å².